The zero-order chi connectivity index (χ0) is 13.7. The topological polar surface area (TPSA) is 66.6 Å². The van der Waals surface area contributed by atoms with Crippen molar-refractivity contribution in [2.45, 2.75) is 26.0 Å². The molecule has 5 nitrogen and oxygen atoms in total. The fourth-order valence-corrected chi connectivity index (χ4v) is 1.97. The lowest BCUT2D eigenvalue weighted by Crippen LogP contribution is -2.22. The van der Waals surface area contributed by atoms with Gasteiger partial charge in [-0.15, -0.1) is 0 Å². The molecule has 0 spiro atoms. The monoisotopic (exact) mass is 316 g/mol. The van der Waals surface area contributed by atoms with E-state index in [9.17, 15) is 15.2 Å². The van der Waals surface area contributed by atoms with Gasteiger partial charge in [0.25, 0.3) is 5.69 Å². The maximum absolute atomic E-state index is 10.9. The smallest absolute Gasteiger partial charge is 0.275 e. The zero-order valence-corrected chi connectivity index (χ0v) is 12.1. The summed E-state index contributed by atoms with van der Waals surface area (Å²) in [5.41, 5.74) is 0.796. The molecule has 1 N–H and O–H groups in total. The molecule has 1 aromatic rings. The molecule has 0 aliphatic carbocycles. The van der Waals surface area contributed by atoms with Gasteiger partial charge in [-0.25, -0.2) is 0 Å². The van der Waals surface area contributed by atoms with E-state index in [0.717, 1.165) is 0 Å². The summed E-state index contributed by atoms with van der Waals surface area (Å²) >= 11 is 3.23. The first-order valence-electron chi connectivity index (χ1n) is 5.69. The Kier molecular flexibility index (Phi) is 5.71. The number of nitro groups is 1. The second-order valence-corrected chi connectivity index (χ2v) is 5.32. The lowest BCUT2D eigenvalue weighted by Gasteiger charge is -2.17. The first-order chi connectivity index (χ1) is 8.40. The molecule has 18 heavy (non-hydrogen) atoms. The lowest BCUT2D eigenvalue weighted by molar-refractivity contribution is -0.385. The predicted octanol–water partition coefficient (Wildman–Crippen LogP) is 2.56. The molecule has 1 atom stereocenters. The van der Waals surface area contributed by atoms with E-state index in [-0.39, 0.29) is 16.7 Å². The van der Waals surface area contributed by atoms with Crippen molar-refractivity contribution >= 4 is 21.6 Å². The summed E-state index contributed by atoms with van der Waals surface area (Å²) in [7, 11) is 1.88. The average Bonchev–Trinajstić information content (AvgIpc) is 2.28. The summed E-state index contributed by atoms with van der Waals surface area (Å²) in [6, 6.07) is 5.06. The molecule has 0 aliphatic heterocycles. The number of aliphatic hydroxyl groups is 1. The quantitative estimate of drug-likeness (QED) is 0.647. The Hall–Kier alpha value is -0.980. The standard InChI is InChI=1S/C12H17BrN2O3/c1-9(16)5-6-14(2)8-10-3-4-11(13)7-12(10)15(17)18/h3-4,7,9,16H,5-6,8H2,1-2H3. The van der Waals surface area contributed by atoms with E-state index in [0.29, 0.717) is 29.5 Å². The Morgan fingerprint density at radius 3 is 2.78 bits per heavy atom. The molecule has 0 amide bonds. The van der Waals surface area contributed by atoms with E-state index in [1.807, 2.05) is 11.9 Å². The Bertz CT molecular complexity index is 424. The maximum atomic E-state index is 10.9. The molecule has 1 aromatic carbocycles. The highest BCUT2D eigenvalue weighted by Crippen LogP contribution is 2.24. The fraction of sp³-hybridized carbons (Fsp3) is 0.500. The first kappa shape index (κ1) is 15.1. The molecule has 0 aromatic heterocycles. The van der Waals surface area contributed by atoms with Crippen LogP contribution in [0.4, 0.5) is 5.69 Å². The van der Waals surface area contributed by atoms with Crippen molar-refractivity contribution in [1.82, 2.24) is 4.90 Å². The molecule has 100 valence electrons. The molecule has 0 fully saturated rings. The van der Waals surface area contributed by atoms with Crippen LogP contribution < -0.4 is 0 Å². The Morgan fingerprint density at radius 1 is 1.56 bits per heavy atom. The third-order valence-electron chi connectivity index (χ3n) is 2.61. The van der Waals surface area contributed by atoms with Crippen LogP contribution in [0.15, 0.2) is 22.7 Å². The van der Waals surface area contributed by atoms with Crippen LogP contribution in [0, 0.1) is 10.1 Å². The normalized spacial score (nSPS) is 12.7. The Labute approximate surface area is 115 Å². The number of aliphatic hydroxyl groups excluding tert-OH is 1. The summed E-state index contributed by atoms with van der Waals surface area (Å²) in [5.74, 6) is 0. The van der Waals surface area contributed by atoms with Crippen LogP contribution in [0.3, 0.4) is 0 Å². The number of halogens is 1. The molecule has 0 bridgehead atoms. The van der Waals surface area contributed by atoms with Crippen LogP contribution in [-0.4, -0.2) is 34.6 Å². The van der Waals surface area contributed by atoms with Gasteiger partial charge in [-0.1, -0.05) is 15.9 Å². The number of rotatable bonds is 6. The number of hydrogen-bond acceptors (Lipinski definition) is 4. The van der Waals surface area contributed by atoms with Crippen LogP contribution in [-0.2, 0) is 6.54 Å². The third-order valence-corrected chi connectivity index (χ3v) is 3.11. The second-order valence-electron chi connectivity index (χ2n) is 4.41. The first-order valence-corrected chi connectivity index (χ1v) is 6.49. The van der Waals surface area contributed by atoms with E-state index in [2.05, 4.69) is 15.9 Å². The molecule has 0 aliphatic rings. The van der Waals surface area contributed by atoms with Crippen LogP contribution in [0.2, 0.25) is 0 Å². The van der Waals surface area contributed by atoms with Crippen LogP contribution in [0.25, 0.3) is 0 Å². The van der Waals surface area contributed by atoms with Gasteiger partial charge in [-0.2, -0.15) is 0 Å². The SMILES string of the molecule is CC(O)CCN(C)Cc1ccc(Br)cc1[N+](=O)[O-]. The third kappa shape index (κ3) is 4.72. The summed E-state index contributed by atoms with van der Waals surface area (Å²) in [6.45, 7) is 2.93. The molecular weight excluding hydrogens is 300 g/mol. The predicted molar refractivity (Wildman–Crippen MR) is 73.4 cm³/mol. The number of nitro benzene ring substituents is 1. The summed E-state index contributed by atoms with van der Waals surface area (Å²) < 4.78 is 0.699. The van der Waals surface area contributed by atoms with Gasteiger partial charge < -0.3 is 10.0 Å². The van der Waals surface area contributed by atoms with Crippen molar-refractivity contribution in [2.24, 2.45) is 0 Å². The number of benzene rings is 1. The minimum absolute atomic E-state index is 0.119. The minimum atomic E-state index is -0.372. The molecule has 0 radical (unpaired) electrons. The molecule has 1 unspecified atom stereocenters. The van der Waals surface area contributed by atoms with Gasteiger partial charge >= 0.3 is 0 Å². The van der Waals surface area contributed by atoms with E-state index >= 15 is 0 Å². The van der Waals surface area contributed by atoms with E-state index in [1.165, 1.54) is 6.07 Å². The van der Waals surface area contributed by atoms with E-state index in [4.69, 9.17) is 0 Å². The van der Waals surface area contributed by atoms with Crippen molar-refractivity contribution in [3.8, 4) is 0 Å². The van der Waals surface area contributed by atoms with E-state index < -0.39 is 0 Å². The number of hydrogen-bond donors (Lipinski definition) is 1. The van der Waals surface area contributed by atoms with Crippen molar-refractivity contribution in [3.05, 3.63) is 38.3 Å². The number of nitrogens with zero attached hydrogens (tertiary/aromatic N) is 2. The Balaban J connectivity index is 2.74. The highest BCUT2D eigenvalue weighted by Gasteiger charge is 2.15. The summed E-state index contributed by atoms with van der Waals surface area (Å²) in [6.07, 6.45) is 0.299. The van der Waals surface area contributed by atoms with Crippen LogP contribution >= 0.6 is 15.9 Å². The Morgan fingerprint density at radius 2 is 2.22 bits per heavy atom. The van der Waals surface area contributed by atoms with Crippen molar-refractivity contribution < 1.29 is 10.0 Å². The van der Waals surface area contributed by atoms with Crippen LogP contribution in [0.1, 0.15) is 18.9 Å². The molecule has 0 saturated heterocycles. The van der Waals surface area contributed by atoms with Gasteiger partial charge in [-0.05, 0) is 32.5 Å². The van der Waals surface area contributed by atoms with Gasteiger partial charge in [0.15, 0.2) is 0 Å². The summed E-state index contributed by atoms with van der Waals surface area (Å²) in [5, 5.41) is 20.2. The van der Waals surface area contributed by atoms with Crippen molar-refractivity contribution in [2.75, 3.05) is 13.6 Å². The molecule has 6 heteroatoms. The highest BCUT2D eigenvalue weighted by atomic mass is 79.9. The maximum Gasteiger partial charge on any atom is 0.275 e. The van der Waals surface area contributed by atoms with Gasteiger partial charge in [0.1, 0.15) is 0 Å². The average molecular weight is 317 g/mol. The largest absolute Gasteiger partial charge is 0.393 e. The van der Waals surface area contributed by atoms with E-state index in [1.54, 1.807) is 19.1 Å². The van der Waals surface area contributed by atoms with Gasteiger partial charge in [-0.3, -0.25) is 10.1 Å². The van der Waals surface area contributed by atoms with Crippen LogP contribution in [0.5, 0.6) is 0 Å². The lowest BCUT2D eigenvalue weighted by atomic mass is 10.1. The summed E-state index contributed by atoms with van der Waals surface area (Å²) in [4.78, 5) is 12.5. The molecule has 1 rings (SSSR count). The zero-order valence-electron chi connectivity index (χ0n) is 10.5. The molecule has 0 saturated carbocycles. The minimum Gasteiger partial charge on any atom is -0.393 e. The van der Waals surface area contributed by atoms with Crippen molar-refractivity contribution in [1.29, 1.82) is 0 Å². The fourth-order valence-electron chi connectivity index (χ4n) is 1.62. The van der Waals surface area contributed by atoms with Gasteiger partial charge in [0.05, 0.1) is 11.0 Å². The van der Waals surface area contributed by atoms with Gasteiger partial charge in [0.2, 0.25) is 0 Å². The van der Waals surface area contributed by atoms with Crippen molar-refractivity contribution in [3.63, 3.8) is 0 Å². The second kappa shape index (κ2) is 6.82. The molecule has 0 heterocycles. The molecular formula is C12H17BrN2O3. The van der Waals surface area contributed by atoms with Gasteiger partial charge in [0, 0.05) is 29.2 Å². The highest BCUT2D eigenvalue weighted by molar-refractivity contribution is 9.10.